The predicted octanol–water partition coefficient (Wildman–Crippen LogP) is 3.74. The van der Waals surface area contributed by atoms with E-state index in [4.69, 9.17) is 5.11 Å². The van der Waals surface area contributed by atoms with Crippen LogP contribution >= 0.6 is 24.2 Å². The lowest BCUT2D eigenvalue weighted by atomic mass is 10.1. The molecule has 2 rings (SSSR count). The molecule has 0 spiro atoms. The van der Waals surface area contributed by atoms with Crippen molar-refractivity contribution in [2.24, 2.45) is 0 Å². The first-order valence-corrected chi connectivity index (χ1v) is 5.92. The summed E-state index contributed by atoms with van der Waals surface area (Å²) in [5, 5.41) is 9.10. The lowest BCUT2D eigenvalue weighted by molar-refractivity contribution is 0.473. The minimum atomic E-state index is -0.301. The molecule has 1 heterocycles. The van der Waals surface area contributed by atoms with Gasteiger partial charge in [0.15, 0.2) is 0 Å². The predicted molar refractivity (Wildman–Crippen MR) is 70.3 cm³/mol. The molecule has 0 saturated carbocycles. The summed E-state index contributed by atoms with van der Waals surface area (Å²) in [5.74, 6) is -0.227. The van der Waals surface area contributed by atoms with Crippen molar-refractivity contribution in [1.29, 1.82) is 0 Å². The molecule has 1 aromatic heterocycles. The second-order valence-corrected chi connectivity index (χ2v) is 4.13. The summed E-state index contributed by atoms with van der Waals surface area (Å²) in [4.78, 5) is 4.84. The van der Waals surface area contributed by atoms with E-state index in [9.17, 15) is 4.39 Å². The Balaban J connectivity index is 0.00000144. The Morgan fingerprint density at radius 1 is 1.24 bits per heavy atom. The minimum Gasteiger partial charge on any atom is -0.506 e. The van der Waals surface area contributed by atoms with Crippen molar-refractivity contribution in [3.63, 3.8) is 0 Å². The highest BCUT2D eigenvalue weighted by Crippen LogP contribution is 2.25. The zero-order chi connectivity index (χ0) is 11.5. The molecule has 1 N–H and O–H groups in total. The van der Waals surface area contributed by atoms with Crippen LogP contribution in [0.3, 0.4) is 0 Å². The number of halogens is 2. The summed E-state index contributed by atoms with van der Waals surface area (Å²) >= 11 is 1.49. The molecule has 0 radical (unpaired) electrons. The number of rotatable bonds is 2. The molecule has 1 aromatic carbocycles. The van der Waals surface area contributed by atoms with Gasteiger partial charge in [0.05, 0.1) is 11.9 Å². The van der Waals surface area contributed by atoms with Gasteiger partial charge in [-0.05, 0) is 36.6 Å². The van der Waals surface area contributed by atoms with Gasteiger partial charge >= 0.3 is 0 Å². The van der Waals surface area contributed by atoms with Gasteiger partial charge in [0, 0.05) is 10.5 Å². The normalized spacial score (nSPS) is 9.76. The van der Waals surface area contributed by atoms with Crippen LogP contribution in [0.25, 0.3) is 11.3 Å². The van der Waals surface area contributed by atoms with Crippen LogP contribution in [0.2, 0.25) is 0 Å². The standard InChI is InChI=1S/C12H10FNOS.ClH/c1-16-9-3-4-10(11(13)6-9)12-5-2-8(15)7-14-12;/h2-7,15H,1H3;1H. The molecule has 0 aliphatic carbocycles. The minimum absolute atomic E-state index is 0. The van der Waals surface area contributed by atoms with Gasteiger partial charge in [-0.1, -0.05) is 0 Å². The van der Waals surface area contributed by atoms with Crippen molar-refractivity contribution < 1.29 is 9.50 Å². The molecule has 0 unspecified atom stereocenters. The van der Waals surface area contributed by atoms with Crippen LogP contribution in [0.15, 0.2) is 41.4 Å². The van der Waals surface area contributed by atoms with Gasteiger partial charge in [0.1, 0.15) is 11.6 Å². The van der Waals surface area contributed by atoms with E-state index in [1.807, 2.05) is 12.3 Å². The average Bonchev–Trinajstić information content (AvgIpc) is 2.30. The molecule has 0 bridgehead atoms. The zero-order valence-corrected chi connectivity index (χ0v) is 10.7. The zero-order valence-electron chi connectivity index (χ0n) is 9.05. The molecule has 0 saturated heterocycles. The smallest absolute Gasteiger partial charge is 0.133 e. The second-order valence-electron chi connectivity index (χ2n) is 3.25. The third-order valence-corrected chi connectivity index (χ3v) is 2.93. The van der Waals surface area contributed by atoms with Gasteiger partial charge in [0.2, 0.25) is 0 Å². The van der Waals surface area contributed by atoms with E-state index in [0.29, 0.717) is 11.3 Å². The first-order chi connectivity index (χ1) is 7.70. The summed E-state index contributed by atoms with van der Waals surface area (Å²) in [6, 6.07) is 8.10. The van der Waals surface area contributed by atoms with Crippen LogP contribution in [0.1, 0.15) is 0 Å². The molecule has 0 fully saturated rings. The number of benzene rings is 1. The maximum Gasteiger partial charge on any atom is 0.133 e. The summed E-state index contributed by atoms with van der Waals surface area (Å²) in [6.07, 6.45) is 3.20. The quantitative estimate of drug-likeness (QED) is 0.845. The van der Waals surface area contributed by atoms with Crippen molar-refractivity contribution >= 4 is 24.2 Å². The van der Waals surface area contributed by atoms with Crippen molar-refractivity contribution in [3.8, 4) is 17.0 Å². The van der Waals surface area contributed by atoms with Crippen LogP contribution in [0.4, 0.5) is 4.39 Å². The molecule has 5 heteroatoms. The van der Waals surface area contributed by atoms with Crippen LogP contribution in [0, 0.1) is 5.82 Å². The Morgan fingerprint density at radius 3 is 2.53 bits per heavy atom. The summed E-state index contributed by atoms with van der Waals surface area (Å²) in [5.41, 5.74) is 0.959. The summed E-state index contributed by atoms with van der Waals surface area (Å²) in [6.45, 7) is 0. The molecular weight excluding hydrogens is 261 g/mol. The fourth-order valence-corrected chi connectivity index (χ4v) is 1.80. The van der Waals surface area contributed by atoms with Crippen LogP contribution in [-0.4, -0.2) is 16.3 Å². The lowest BCUT2D eigenvalue weighted by Gasteiger charge is -2.04. The van der Waals surface area contributed by atoms with Gasteiger partial charge in [0.25, 0.3) is 0 Å². The molecule has 17 heavy (non-hydrogen) atoms. The Kier molecular flexibility index (Phi) is 4.78. The van der Waals surface area contributed by atoms with Gasteiger partial charge < -0.3 is 5.11 Å². The molecule has 90 valence electrons. The first-order valence-electron chi connectivity index (χ1n) is 4.69. The average molecular weight is 272 g/mol. The van der Waals surface area contributed by atoms with E-state index in [0.717, 1.165) is 4.90 Å². The van der Waals surface area contributed by atoms with Crippen LogP contribution in [0.5, 0.6) is 5.75 Å². The maximum absolute atomic E-state index is 13.7. The highest BCUT2D eigenvalue weighted by molar-refractivity contribution is 7.98. The maximum atomic E-state index is 13.7. The molecule has 2 nitrogen and oxygen atoms in total. The Bertz CT molecular complexity index is 504. The lowest BCUT2D eigenvalue weighted by Crippen LogP contribution is -1.87. The number of aromatic nitrogens is 1. The Morgan fingerprint density at radius 2 is 2.00 bits per heavy atom. The number of hydrogen-bond donors (Lipinski definition) is 1. The molecule has 0 aliphatic rings. The monoisotopic (exact) mass is 271 g/mol. The van der Waals surface area contributed by atoms with Crippen molar-refractivity contribution in [2.75, 3.05) is 6.26 Å². The molecular formula is C12H11ClFNOS. The number of nitrogens with zero attached hydrogens (tertiary/aromatic N) is 1. The molecule has 0 aliphatic heterocycles. The van der Waals surface area contributed by atoms with E-state index in [1.165, 1.54) is 30.1 Å². The fourth-order valence-electron chi connectivity index (χ4n) is 1.38. The number of thioether (sulfide) groups is 1. The third-order valence-electron chi connectivity index (χ3n) is 2.20. The third kappa shape index (κ3) is 3.11. The van der Waals surface area contributed by atoms with E-state index < -0.39 is 0 Å². The number of aromatic hydroxyl groups is 1. The SMILES string of the molecule is CSc1ccc(-c2ccc(O)cn2)c(F)c1.Cl. The largest absolute Gasteiger partial charge is 0.506 e. The number of pyridine rings is 1. The molecule has 2 aromatic rings. The van der Waals surface area contributed by atoms with Gasteiger partial charge in [-0.15, -0.1) is 24.2 Å². The molecule has 0 atom stereocenters. The topological polar surface area (TPSA) is 33.1 Å². The van der Waals surface area contributed by atoms with Crippen molar-refractivity contribution in [1.82, 2.24) is 4.98 Å². The second kappa shape index (κ2) is 5.89. The molecule has 0 amide bonds. The highest BCUT2D eigenvalue weighted by atomic mass is 35.5. The van der Waals surface area contributed by atoms with Gasteiger partial charge in [-0.2, -0.15) is 0 Å². The van der Waals surface area contributed by atoms with Crippen molar-refractivity contribution in [3.05, 3.63) is 42.3 Å². The van der Waals surface area contributed by atoms with Gasteiger partial charge in [-0.3, -0.25) is 4.98 Å². The highest BCUT2D eigenvalue weighted by Gasteiger charge is 2.06. The Hall–Kier alpha value is -1.26. The summed E-state index contributed by atoms with van der Waals surface area (Å²) < 4.78 is 13.7. The van der Waals surface area contributed by atoms with Crippen LogP contribution in [-0.2, 0) is 0 Å². The Labute approximate surface area is 109 Å². The van der Waals surface area contributed by atoms with E-state index in [2.05, 4.69) is 4.98 Å². The van der Waals surface area contributed by atoms with E-state index in [1.54, 1.807) is 12.1 Å². The van der Waals surface area contributed by atoms with E-state index >= 15 is 0 Å². The van der Waals surface area contributed by atoms with Crippen molar-refractivity contribution in [2.45, 2.75) is 4.90 Å². The number of hydrogen-bond acceptors (Lipinski definition) is 3. The summed E-state index contributed by atoms with van der Waals surface area (Å²) in [7, 11) is 0. The van der Waals surface area contributed by atoms with Gasteiger partial charge in [-0.25, -0.2) is 4.39 Å². The van der Waals surface area contributed by atoms with E-state index in [-0.39, 0.29) is 24.0 Å². The first kappa shape index (κ1) is 13.8. The van der Waals surface area contributed by atoms with Crippen LogP contribution < -0.4 is 0 Å². The fraction of sp³-hybridized carbons (Fsp3) is 0.0833.